The normalized spacial score (nSPS) is 13.1. The first-order valence-electron chi connectivity index (χ1n) is 5.95. The first-order chi connectivity index (χ1) is 7.35. The summed E-state index contributed by atoms with van der Waals surface area (Å²) in [7, 11) is 1.78. The molecule has 0 spiro atoms. The lowest BCUT2D eigenvalue weighted by Crippen LogP contribution is -2.47. The Kier molecular flexibility index (Phi) is 7.13. The Morgan fingerprint density at radius 2 is 1.94 bits per heavy atom. The summed E-state index contributed by atoms with van der Waals surface area (Å²) in [5.74, 6) is 0.844. The van der Waals surface area contributed by atoms with Crippen LogP contribution < -0.4 is 10.6 Å². The summed E-state index contributed by atoms with van der Waals surface area (Å²) in [4.78, 5) is 4.16. The monoisotopic (exact) mass is 229 g/mol. The molecule has 0 unspecified atom stereocenters. The third kappa shape index (κ3) is 9.77. The van der Waals surface area contributed by atoms with Crippen molar-refractivity contribution in [3.8, 4) is 0 Å². The zero-order valence-corrected chi connectivity index (χ0v) is 11.6. The molecule has 16 heavy (non-hydrogen) atoms. The molecule has 0 amide bonds. The molecule has 2 N–H and O–H groups in total. The topological polar surface area (TPSA) is 45.7 Å². The van der Waals surface area contributed by atoms with Gasteiger partial charge in [0.1, 0.15) is 0 Å². The van der Waals surface area contributed by atoms with Crippen LogP contribution in [0.4, 0.5) is 0 Å². The van der Waals surface area contributed by atoms with Gasteiger partial charge in [-0.25, -0.2) is 0 Å². The van der Waals surface area contributed by atoms with Crippen molar-refractivity contribution >= 4 is 5.96 Å². The number of rotatable bonds is 5. The molecule has 0 bridgehead atoms. The van der Waals surface area contributed by atoms with E-state index in [1.165, 1.54) is 0 Å². The van der Waals surface area contributed by atoms with Gasteiger partial charge in [0, 0.05) is 25.7 Å². The van der Waals surface area contributed by atoms with Crippen molar-refractivity contribution in [3.63, 3.8) is 0 Å². The van der Waals surface area contributed by atoms with Gasteiger partial charge in [-0.15, -0.1) is 0 Å². The van der Waals surface area contributed by atoms with Gasteiger partial charge in [0.15, 0.2) is 5.96 Å². The highest BCUT2D eigenvalue weighted by Gasteiger charge is 2.10. The largest absolute Gasteiger partial charge is 0.379 e. The van der Waals surface area contributed by atoms with Crippen LogP contribution in [0.3, 0.4) is 0 Å². The van der Waals surface area contributed by atoms with Gasteiger partial charge in [-0.05, 0) is 41.0 Å². The summed E-state index contributed by atoms with van der Waals surface area (Å²) in [6.45, 7) is 12.1. The van der Waals surface area contributed by atoms with Crippen molar-refractivity contribution in [1.29, 1.82) is 0 Å². The summed E-state index contributed by atoms with van der Waals surface area (Å²) in [5.41, 5.74) is 0.0380. The molecule has 0 aliphatic carbocycles. The maximum absolute atomic E-state index is 5.46. The fourth-order valence-electron chi connectivity index (χ4n) is 1.13. The van der Waals surface area contributed by atoms with Crippen LogP contribution in [0, 0.1) is 0 Å². The van der Waals surface area contributed by atoms with Gasteiger partial charge in [-0.3, -0.25) is 4.99 Å². The summed E-state index contributed by atoms with van der Waals surface area (Å²) >= 11 is 0. The van der Waals surface area contributed by atoms with Crippen molar-refractivity contribution in [2.24, 2.45) is 4.99 Å². The Morgan fingerprint density at radius 1 is 1.31 bits per heavy atom. The van der Waals surface area contributed by atoms with Crippen LogP contribution in [0.1, 0.15) is 41.0 Å². The predicted molar refractivity (Wildman–Crippen MR) is 70.0 cm³/mol. The molecule has 4 heteroatoms. The van der Waals surface area contributed by atoms with Crippen LogP contribution in [-0.4, -0.2) is 37.8 Å². The molecule has 0 fully saturated rings. The molecule has 96 valence electrons. The van der Waals surface area contributed by atoms with Gasteiger partial charge >= 0.3 is 0 Å². The summed E-state index contributed by atoms with van der Waals surface area (Å²) in [6.07, 6.45) is 1.30. The minimum atomic E-state index is 0.0380. The van der Waals surface area contributed by atoms with E-state index in [4.69, 9.17) is 4.74 Å². The van der Waals surface area contributed by atoms with Crippen molar-refractivity contribution in [2.45, 2.75) is 52.7 Å². The lowest BCUT2D eigenvalue weighted by atomic mass is 10.1. The molecule has 0 radical (unpaired) electrons. The highest BCUT2D eigenvalue weighted by atomic mass is 16.5. The molecule has 0 aromatic heterocycles. The van der Waals surface area contributed by atoms with E-state index >= 15 is 0 Å². The van der Waals surface area contributed by atoms with E-state index in [0.717, 1.165) is 25.5 Å². The Bertz CT molecular complexity index is 207. The highest BCUT2D eigenvalue weighted by Crippen LogP contribution is 1.97. The summed E-state index contributed by atoms with van der Waals surface area (Å²) < 4.78 is 5.46. The van der Waals surface area contributed by atoms with Gasteiger partial charge in [-0.1, -0.05) is 0 Å². The third-order valence-corrected chi connectivity index (χ3v) is 1.78. The van der Waals surface area contributed by atoms with Crippen LogP contribution in [0.15, 0.2) is 4.99 Å². The maximum Gasteiger partial charge on any atom is 0.191 e. The minimum absolute atomic E-state index is 0.0380. The number of hydrogen-bond donors (Lipinski definition) is 2. The van der Waals surface area contributed by atoms with E-state index in [1.54, 1.807) is 7.05 Å². The molecule has 0 heterocycles. The maximum atomic E-state index is 5.46. The third-order valence-electron chi connectivity index (χ3n) is 1.78. The van der Waals surface area contributed by atoms with Crippen molar-refractivity contribution in [3.05, 3.63) is 0 Å². The van der Waals surface area contributed by atoms with Crippen molar-refractivity contribution < 1.29 is 4.74 Å². The zero-order valence-electron chi connectivity index (χ0n) is 11.6. The second-order valence-electron chi connectivity index (χ2n) is 5.15. The fourth-order valence-corrected chi connectivity index (χ4v) is 1.13. The lowest BCUT2D eigenvalue weighted by Gasteiger charge is -2.23. The fraction of sp³-hybridized carbons (Fsp3) is 0.917. The van der Waals surface area contributed by atoms with Gasteiger partial charge in [0.05, 0.1) is 6.10 Å². The van der Waals surface area contributed by atoms with Gasteiger partial charge in [0.25, 0.3) is 0 Å². The quantitative estimate of drug-likeness (QED) is 0.429. The van der Waals surface area contributed by atoms with Crippen molar-refractivity contribution in [2.75, 3.05) is 20.2 Å². The molecular formula is C12H27N3O. The number of nitrogens with zero attached hydrogens (tertiary/aromatic N) is 1. The van der Waals surface area contributed by atoms with Gasteiger partial charge in [0.2, 0.25) is 0 Å². The molecular weight excluding hydrogens is 202 g/mol. The SMILES string of the molecule is CN=C(NCCCOC(C)C)NC(C)(C)C. The number of hydrogen-bond acceptors (Lipinski definition) is 2. The molecule has 0 aromatic carbocycles. The molecule has 0 saturated carbocycles. The van der Waals surface area contributed by atoms with Crippen molar-refractivity contribution in [1.82, 2.24) is 10.6 Å². The van der Waals surface area contributed by atoms with E-state index in [1.807, 2.05) is 13.8 Å². The Labute approximate surface area is 99.9 Å². The smallest absolute Gasteiger partial charge is 0.191 e. The van der Waals surface area contributed by atoms with Crippen LogP contribution in [-0.2, 0) is 4.74 Å². The van der Waals surface area contributed by atoms with Crippen LogP contribution >= 0.6 is 0 Å². The Balaban J connectivity index is 3.66. The van der Waals surface area contributed by atoms with E-state index < -0.39 is 0 Å². The molecule has 0 aromatic rings. The van der Waals surface area contributed by atoms with E-state index in [9.17, 15) is 0 Å². The van der Waals surface area contributed by atoms with Gasteiger partial charge in [-0.2, -0.15) is 0 Å². The Hall–Kier alpha value is -0.770. The van der Waals surface area contributed by atoms with E-state index in [2.05, 4.69) is 36.4 Å². The minimum Gasteiger partial charge on any atom is -0.379 e. The van der Waals surface area contributed by atoms with Crippen LogP contribution in [0.25, 0.3) is 0 Å². The number of nitrogens with one attached hydrogen (secondary N) is 2. The average Bonchev–Trinajstić information content (AvgIpc) is 2.13. The van der Waals surface area contributed by atoms with Crippen LogP contribution in [0.2, 0.25) is 0 Å². The molecule has 0 aliphatic heterocycles. The molecule has 0 rings (SSSR count). The highest BCUT2D eigenvalue weighted by molar-refractivity contribution is 5.80. The number of aliphatic imine (C=N–C) groups is 1. The zero-order chi connectivity index (χ0) is 12.6. The van der Waals surface area contributed by atoms with Gasteiger partial charge < -0.3 is 15.4 Å². The van der Waals surface area contributed by atoms with E-state index in [-0.39, 0.29) is 5.54 Å². The Morgan fingerprint density at radius 3 is 2.38 bits per heavy atom. The standard InChI is InChI=1S/C12H27N3O/c1-10(2)16-9-7-8-14-11(13-6)15-12(3,4)5/h10H,7-9H2,1-6H3,(H2,13,14,15). The molecule has 4 nitrogen and oxygen atoms in total. The first kappa shape index (κ1) is 15.2. The van der Waals surface area contributed by atoms with E-state index in [0.29, 0.717) is 6.10 Å². The summed E-state index contributed by atoms with van der Waals surface area (Å²) in [6, 6.07) is 0. The second-order valence-corrected chi connectivity index (χ2v) is 5.15. The number of guanidine groups is 1. The molecule has 0 aliphatic rings. The van der Waals surface area contributed by atoms with Crippen LogP contribution in [0.5, 0.6) is 0 Å². The molecule has 0 atom stereocenters. The lowest BCUT2D eigenvalue weighted by molar-refractivity contribution is 0.0776. The average molecular weight is 229 g/mol. The first-order valence-corrected chi connectivity index (χ1v) is 5.95. The second kappa shape index (κ2) is 7.49. The predicted octanol–water partition coefficient (Wildman–Crippen LogP) is 1.76. The summed E-state index contributed by atoms with van der Waals surface area (Å²) in [5, 5.41) is 6.56. The molecule has 0 saturated heterocycles. The number of ether oxygens (including phenoxy) is 1.